The lowest BCUT2D eigenvalue weighted by Gasteiger charge is -2.26. The first-order valence-electron chi connectivity index (χ1n) is 6.89. The Kier molecular flexibility index (Phi) is 3.60. The van der Waals surface area contributed by atoms with Crippen LogP contribution in [0.4, 0.5) is 5.69 Å². The fraction of sp³-hybridized carbons (Fsp3) is 0.222. The highest BCUT2D eigenvalue weighted by molar-refractivity contribution is 5.50. The molecule has 1 unspecified atom stereocenters. The van der Waals surface area contributed by atoms with E-state index < -0.39 is 0 Å². The number of fused-ring (bicyclic) bond motifs is 1. The largest absolute Gasteiger partial charge is 0.493 e. The Bertz CT molecular complexity index is 642. The van der Waals surface area contributed by atoms with Gasteiger partial charge in [-0.25, -0.2) is 0 Å². The average molecular weight is 263 g/mol. The molecule has 0 bridgehead atoms. The predicted molar refractivity (Wildman–Crippen MR) is 82.2 cm³/mol. The minimum atomic E-state index is 0.481. The van der Waals surface area contributed by atoms with Crippen LogP contribution in [-0.2, 0) is 0 Å². The van der Waals surface area contributed by atoms with Crippen LogP contribution in [0.3, 0.4) is 0 Å². The highest BCUT2D eigenvalue weighted by Crippen LogP contribution is 2.33. The van der Waals surface area contributed by atoms with Gasteiger partial charge in [0.15, 0.2) is 0 Å². The summed E-state index contributed by atoms with van der Waals surface area (Å²) in [5.74, 6) is 4.16. The van der Waals surface area contributed by atoms with E-state index in [1.807, 2.05) is 36.4 Å². The number of hydrogen-bond acceptors (Lipinski definition) is 2. The van der Waals surface area contributed by atoms with Gasteiger partial charge in [0, 0.05) is 23.7 Å². The third-order valence-corrected chi connectivity index (χ3v) is 3.66. The normalized spacial score (nSPS) is 16.6. The van der Waals surface area contributed by atoms with Gasteiger partial charge in [-0.3, -0.25) is 0 Å². The molecule has 1 aliphatic rings. The maximum atomic E-state index is 5.69. The highest BCUT2D eigenvalue weighted by Gasteiger charge is 2.20. The summed E-state index contributed by atoms with van der Waals surface area (Å²) in [5.41, 5.74) is 3.27. The SMILES string of the molecule is C#Cc1cccc(NCC2CCOc3ccccc32)c1. The number of terminal acetylenes is 1. The summed E-state index contributed by atoms with van der Waals surface area (Å²) in [6.07, 6.45) is 6.47. The topological polar surface area (TPSA) is 21.3 Å². The predicted octanol–water partition coefficient (Wildman–Crippen LogP) is 3.65. The second-order valence-electron chi connectivity index (χ2n) is 4.98. The monoisotopic (exact) mass is 263 g/mol. The first-order valence-corrected chi connectivity index (χ1v) is 6.89. The molecule has 1 heterocycles. The lowest BCUT2D eigenvalue weighted by molar-refractivity contribution is 0.270. The van der Waals surface area contributed by atoms with E-state index in [9.17, 15) is 0 Å². The molecule has 1 N–H and O–H groups in total. The van der Waals surface area contributed by atoms with Crippen LogP contribution in [0.2, 0.25) is 0 Å². The molecule has 1 atom stereocenters. The first kappa shape index (κ1) is 12.6. The number of rotatable bonds is 3. The second-order valence-corrected chi connectivity index (χ2v) is 4.98. The molecule has 0 amide bonds. The van der Waals surface area contributed by atoms with Crippen LogP contribution in [0.1, 0.15) is 23.5 Å². The van der Waals surface area contributed by atoms with Crippen LogP contribution in [0.25, 0.3) is 0 Å². The van der Waals surface area contributed by atoms with Crippen molar-refractivity contribution in [2.75, 3.05) is 18.5 Å². The van der Waals surface area contributed by atoms with Crippen molar-refractivity contribution in [1.82, 2.24) is 0 Å². The standard InChI is InChI=1S/C18H17NO/c1-2-14-6-5-7-16(12-14)19-13-15-10-11-20-18-9-4-3-8-17(15)18/h1,3-9,12,15,19H,10-11,13H2. The lowest BCUT2D eigenvalue weighted by Crippen LogP contribution is -2.20. The van der Waals surface area contributed by atoms with E-state index in [1.54, 1.807) is 0 Å². The molecule has 0 aromatic heterocycles. The van der Waals surface area contributed by atoms with Crippen LogP contribution in [0.5, 0.6) is 5.75 Å². The maximum Gasteiger partial charge on any atom is 0.122 e. The van der Waals surface area contributed by atoms with Gasteiger partial charge in [0.2, 0.25) is 0 Å². The third-order valence-electron chi connectivity index (χ3n) is 3.66. The lowest BCUT2D eigenvalue weighted by atomic mass is 9.93. The van der Waals surface area contributed by atoms with Gasteiger partial charge in [-0.2, -0.15) is 0 Å². The van der Waals surface area contributed by atoms with Gasteiger partial charge in [-0.15, -0.1) is 6.42 Å². The number of benzene rings is 2. The van der Waals surface area contributed by atoms with Crippen LogP contribution in [0, 0.1) is 12.3 Å². The Balaban J connectivity index is 1.72. The molecular weight excluding hydrogens is 246 g/mol. The van der Waals surface area contributed by atoms with Crippen molar-refractivity contribution < 1.29 is 4.74 Å². The fourth-order valence-corrected chi connectivity index (χ4v) is 2.59. The molecule has 0 fully saturated rings. The summed E-state index contributed by atoms with van der Waals surface area (Å²) in [5, 5.41) is 3.48. The molecule has 2 nitrogen and oxygen atoms in total. The van der Waals surface area contributed by atoms with E-state index in [2.05, 4.69) is 23.4 Å². The number of ether oxygens (including phenoxy) is 1. The van der Waals surface area contributed by atoms with Gasteiger partial charge in [-0.05, 0) is 36.2 Å². The van der Waals surface area contributed by atoms with E-state index in [4.69, 9.17) is 11.2 Å². The molecule has 2 aromatic carbocycles. The van der Waals surface area contributed by atoms with Crippen molar-refractivity contribution in [2.45, 2.75) is 12.3 Å². The molecule has 2 aromatic rings. The molecular formula is C18H17NO. The molecule has 0 radical (unpaired) electrons. The van der Waals surface area contributed by atoms with Gasteiger partial charge in [0.05, 0.1) is 6.61 Å². The Morgan fingerprint density at radius 1 is 1.20 bits per heavy atom. The van der Waals surface area contributed by atoms with Crippen molar-refractivity contribution in [2.24, 2.45) is 0 Å². The second kappa shape index (κ2) is 5.71. The van der Waals surface area contributed by atoms with E-state index in [0.717, 1.165) is 36.6 Å². The number of anilines is 1. The van der Waals surface area contributed by atoms with Gasteiger partial charge in [-0.1, -0.05) is 30.2 Å². The zero-order chi connectivity index (χ0) is 13.8. The van der Waals surface area contributed by atoms with Crippen molar-refractivity contribution in [3.63, 3.8) is 0 Å². The Morgan fingerprint density at radius 2 is 2.10 bits per heavy atom. The molecule has 100 valence electrons. The highest BCUT2D eigenvalue weighted by atomic mass is 16.5. The molecule has 1 aliphatic heterocycles. The minimum absolute atomic E-state index is 0.481. The first-order chi connectivity index (χ1) is 9.86. The molecule has 20 heavy (non-hydrogen) atoms. The summed E-state index contributed by atoms with van der Waals surface area (Å²) in [4.78, 5) is 0. The molecule has 0 spiro atoms. The van der Waals surface area contributed by atoms with Gasteiger partial charge in [0.25, 0.3) is 0 Å². The number of nitrogens with one attached hydrogen (secondary N) is 1. The van der Waals surface area contributed by atoms with Crippen molar-refractivity contribution >= 4 is 5.69 Å². The molecule has 3 rings (SSSR count). The van der Waals surface area contributed by atoms with Gasteiger partial charge >= 0.3 is 0 Å². The van der Waals surface area contributed by atoms with Crippen LogP contribution < -0.4 is 10.1 Å². The Hall–Kier alpha value is -2.40. The quantitative estimate of drug-likeness (QED) is 0.854. The van der Waals surface area contributed by atoms with Crippen molar-refractivity contribution in [1.29, 1.82) is 0 Å². The zero-order valence-electron chi connectivity index (χ0n) is 11.3. The minimum Gasteiger partial charge on any atom is -0.493 e. The average Bonchev–Trinajstić information content (AvgIpc) is 2.53. The van der Waals surface area contributed by atoms with E-state index in [0.29, 0.717) is 5.92 Å². The Labute approximate surface area is 119 Å². The van der Waals surface area contributed by atoms with Gasteiger partial charge in [0.1, 0.15) is 5.75 Å². The smallest absolute Gasteiger partial charge is 0.122 e. The van der Waals surface area contributed by atoms with Crippen LogP contribution in [-0.4, -0.2) is 13.2 Å². The zero-order valence-corrected chi connectivity index (χ0v) is 11.3. The third kappa shape index (κ3) is 2.62. The van der Waals surface area contributed by atoms with Crippen LogP contribution in [0.15, 0.2) is 48.5 Å². The van der Waals surface area contributed by atoms with Crippen LogP contribution >= 0.6 is 0 Å². The molecule has 0 saturated carbocycles. The van der Waals surface area contributed by atoms with E-state index >= 15 is 0 Å². The number of hydrogen-bond donors (Lipinski definition) is 1. The maximum absolute atomic E-state index is 5.69. The van der Waals surface area contributed by atoms with Crippen molar-refractivity contribution in [3.05, 3.63) is 59.7 Å². The summed E-state index contributed by atoms with van der Waals surface area (Å²) in [6, 6.07) is 16.3. The molecule has 0 saturated heterocycles. The summed E-state index contributed by atoms with van der Waals surface area (Å²) < 4.78 is 5.69. The summed E-state index contributed by atoms with van der Waals surface area (Å²) in [7, 11) is 0. The number of para-hydroxylation sites is 1. The molecule has 0 aliphatic carbocycles. The fourth-order valence-electron chi connectivity index (χ4n) is 2.59. The van der Waals surface area contributed by atoms with Crippen molar-refractivity contribution in [3.8, 4) is 18.1 Å². The van der Waals surface area contributed by atoms with E-state index in [-0.39, 0.29) is 0 Å². The van der Waals surface area contributed by atoms with E-state index in [1.165, 1.54) is 5.56 Å². The Morgan fingerprint density at radius 3 is 3.00 bits per heavy atom. The van der Waals surface area contributed by atoms with Gasteiger partial charge < -0.3 is 10.1 Å². The summed E-state index contributed by atoms with van der Waals surface area (Å²) in [6.45, 7) is 1.68. The molecule has 2 heteroatoms. The summed E-state index contributed by atoms with van der Waals surface area (Å²) >= 11 is 0.